The van der Waals surface area contributed by atoms with E-state index in [-0.39, 0.29) is 0 Å². The molecule has 2 aromatic rings. The van der Waals surface area contributed by atoms with Crippen molar-refractivity contribution < 1.29 is 9.59 Å². The van der Waals surface area contributed by atoms with E-state index < -0.39 is 11.8 Å². The minimum Gasteiger partial charge on any atom is -0.366 e. The molecule has 0 aliphatic heterocycles. The number of primary amides is 2. The predicted octanol–water partition coefficient (Wildman–Crippen LogP) is 1.86. The molecule has 0 heterocycles. The van der Waals surface area contributed by atoms with Crippen molar-refractivity contribution >= 4 is 11.8 Å². The molecule has 19 heavy (non-hydrogen) atoms. The monoisotopic (exact) mass is 254 g/mol. The number of hydrogen-bond acceptors (Lipinski definition) is 2. The molecule has 0 radical (unpaired) electrons. The van der Waals surface area contributed by atoms with Crippen molar-refractivity contribution in [3.63, 3.8) is 0 Å². The number of nitrogens with two attached hydrogens (primary N) is 2. The number of amides is 2. The summed E-state index contributed by atoms with van der Waals surface area (Å²) in [6.45, 7) is 1.84. The molecule has 2 aromatic carbocycles. The highest BCUT2D eigenvalue weighted by Gasteiger charge is 2.10. The minimum atomic E-state index is -0.464. The highest BCUT2D eigenvalue weighted by molar-refractivity contribution is 5.96. The van der Waals surface area contributed by atoms with Crippen molar-refractivity contribution in [3.8, 4) is 11.1 Å². The third-order valence-electron chi connectivity index (χ3n) is 3.08. The van der Waals surface area contributed by atoms with Crippen LogP contribution in [0, 0.1) is 6.92 Å². The van der Waals surface area contributed by atoms with Crippen molar-refractivity contribution in [2.45, 2.75) is 6.92 Å². The lowest BCUT2D eigenvalue weighted by molar-refractivity contribution is 0.0991. The Hall–Kier alpha value is -2.62. The van der Waals surface area contributed by atoms with Gasteiger partial charge in [-0.2, -0.15) is 0 Å². The lowest BCUT2D eigenvalue weighted by Gasteiger charge is -2.09. The molecule has 4 nitrogen and oxygen atoms in total. The van der Waals surface area contributed by atoms with Crippen LogP contribution in [-0.2, 0) is 0 Å². The Morgan fingerprint density at radius 1 is 0.895 bits per heavy atom. The topological polar surface area (TPSA) is 86.2 Å². The molecule has 4 N–H and O–H groups in total. The smallest absolute Gasteiger partial charge is 0.248 e. The first-order chi connectivity index (χ1) is 9.00. The van der Waals surface area contributed by atoms with E-state index in [0.29, 0.717) is 11.1 Å². The van der Waals surface area contributed by atoms with Crippen LogP contribution in [0.1, 0.15) is 26.3 Å². The highest BCUT2D eigenvalue weighted by atomic mass is 16.1. The molecular weight excluding hydrogens is 240 g/mol. The fraction of sp³-hybridized carbons (Fsp3) is 0.0667. The van der Waals surface area contributed by atoms with Crippen LogP contribution in [-0.4, -0.2) is 11.8 Å². The van der Waals surface area contributed by atoms with E-state index >= 15 is 0 Å². The number of benzene rings is 2. The number of carbonyl (C=O) groups excluding carboxylic acids is 2. The van der Waals surface area contributed by atoms with E-state index in [1.54, 1.807) is 36.4 Å². The Kier molecular flexibility index (Phi) is 3.33. The van der Waals surface area contributed by atoms with Gasteiger partial charge in [0.25, 0.3) is 0 Å². The summed E-state index contributed by atoms with van der Waals surface area (Å²) >= 11 is 0. The van der Waals surface area contributed by atoms with Gasteiger partial charge in [-0.1, -0.05) is 24.3 Å². The molecule has 0 atom stereocenters. The third-order valence-corrected chi connectivity index (χ3v) is 3.08. The molecule has 2 amide bonds. The first-order valence-corrected chi connectivity index (χ1v) is 5.80. The van der Waals surface area contributed by atoms with Crippen LogP contribution in [0.15, 0.2) is 42.5 Å². The average molecular weight is 254 g/mol. The van der Waals surface area contributed by atoms with E-state index in [2.05, 4.69) is 0 Å². The van der Waals surface area contributed by atoms with Crippen LogP contribution >= 0.6 is 0 Å². The molecule has 0 saturated carbocycles. The standard InChI is InChI=1S/C15H14N2O2/c1-9-12(3-2-4-13(9)15(17)19)10-5-7-11(8-6-10)14(16)18/h2-8H,1H3,(H2,16,18)(H2,17,19). The van der Waals surface area contributed by atoms with Gasteiger partial charge in [0.2, 0.25) is 11.8 Å². The zero-order valence-electron chi connectivity index (χ0n) is 10.5. The molecule has 2 rings (SSSR count). The summed E-state index contributed by atoms with van der Waals surface area (Å²) in [5, 5.41) is 0. The second kappa shape index (κ2) is 4.94. The molecule has 96 valence electrons. The molecule has 0 unspecified atom stereocenters. The Labute approximate surface area is 111 Å². The maximum atomic E-state index is 11.3. The first kappa shape index (κ1) is 12.8. The van der Waals surface area contributed by atoms with Gasteiger partial charge in [-0.05, 0) is 41.8 Å². The largest absolute Gasteiger partial charge is 0.366 e. The zero-order valence-corrected chi connectivity index (χ0v) is 10.5. The predicted molar refractivity (Wildman–Crippen MR) is 73.7 cm³/mol. The van der Waals surface area contributed by atoms with Crippen LogP contribution in [0.4, 0.5) is 0 Å². The molecule has 0 bridgehead atoms. The summed E-state index contributed by atoms with van der Waals surface area (Å²) in [5.74, 6) is -0.915. The first-order valence-electron chi connectivity index (χ1n) is 5.80. The fourth-order valence-corrected chi connectivity index (χ4v) is 2.03. The third kappa shape index (κ3) is 2.47. The van der Waals surface area contributed by atoms with Crippen molar-refractivity contribution in [2.24, 2.45) is 11.5 Å². The Morgan fingerprint density at radius 2 is 1.53 bits per heavy atom. The van der Waals surface area contributed by atoms with Gasteiger partial charge in [0.15, 0.2) is 0 Å². The molecular formula is C15H14N2O2. The summed E-state index contributed by atoms with van der Waals surface area (Å²) in [6, 6.07) is 12.3. The Balaban J connectivity index is 2.50. The van der Waals surface area contributed by atoms with Crippen LogP contribution in [0.3, 0.4) is 0 Å². The van der Waals surface area contributed by atoms with Crippen LogP contribution in [0.5, 0.6) is 0 Å². The van der Waals surface area contributed by atoms with E-state index in [1.807, 2.05) is 13.0 Å². The van der Waals surface area contributed by atoms with E-state index in [4.69, 9.17) is 11.5 Å². The number of rotatable bonds is 3. The van der Waals surface area contributed by atoms with E-state index in [9.17, 15) is 9.59 Å². The maximum Gasteiger partial charge on any atom is 0.248 e. The fourth-order valence-electron chi connectivity index (χ4n) is 2.03. The molecule has 0 fully saturated rings. The summed E-state index contributed by atoms with van der Waals surface area (Å²) in [4.78, 5) is 22.3. The lowest BCUT2D eigenvalue weighted by atomic mass is 9.95. The maximum absolute atomic E-state index is 11.3. The Bertz CT molecular complexity index is 646. The molecule has 0 spiro atoms. The van der Waals surface area contributed by atoms with Crippen LogP contribution < -0.4 is 11.5 Å². The van der Waals surface area contributed by atoms with Gasteiger partial charge in [-0.3, -0.25) is 9.59 Å². The van der Waals surface area contributed by atoms with Crippen molar-refractivity contribution in [3.05, 3.63) is 59.2 Å². The van der Waals surface area contributed by atoms with E-state index in [1.165, 1.54) is 0 Å². The quantitative estimate of drug-likeness (QED) is 0.875. The van der Waals surface area contributed by atoms with Gasteiger partial charge in [-0.15, -0.1) is 0 Å². The average Bonchev–Trinajstić information content (AvgIpc) is 2.38. The van der Waals surface area contributed by atoms with Gasteiger partial charge in [-0.25, -0.2) is 0 Å². The van der Waals surface area contributed by atoms with Crippen LogP contribution in [0.2, 0.25) is 0 Å². The molecule has 0 aliphatic rings. The zero-order chi connectivity index (χ0) is 14.0. The van der Waals surface area contributed by atoms with Gasteiger partial charge >= 0.3 is 0 Å². The van der Waals surface area contributed by atoms with Gasteiger partial charge in [0.1, 0.15) is 0 Å². The summed E-state index contributed by atoms with van der Waals surface area (Å²) in [6.07, 6.45) is 0. The second-order valence-corrected chi connectivity index (χ2v) is 4.28. The van der Waals surface area contributed by atoms with Crippen molar-refractivity contribution in [1.82, 2.24) is 0 Å². The molecule has 0 aliphatic carbocycles. The number of hydrogen-bond donors (Lipinski definition) is 2. The molecule has 4 heteroatoms. The van der Waals surface area contributed by atoms with Gasteiger partial charge in [0.05, 0.1) is 0 Å². The number of carbonyl (C=O) groups is 2. The van der Waals surface area contributed by atoms with E-state index in [0.717, 1.165) is 16.7 Å². The highest BCUT2D eigenvalue weighted by Crippen LogP contribution is 2.25. The Morgan fingerprint density at radius 3 is 2.05 bits per heavy atom. The van der Waals surface area contributed by atoms with Crippen LogP contribution in [0.25, 0.3) is 11.1 Å². The summed E-state index contributed by atoms with van der Waals surface area (Å²) in [7, 11) is 0. The summed E-state index contributed by atoms with van der Waals surface area (Å²) in [5.41, 5.74) is 14.1. The minimum absolute atomic E-state index is 0.451. The van der Waals surface area contributed by atoms with Gasteiger partial charge in [0, 0.05) is 11.1 Å². The van der Waals surface area contributed by atoms with Crippen molar-refractivity contribution in [1.29, 1.82) is 0 Å². The lowest BCUT2D eigenvalue weighted by Crippen LogP contribution is -2.13. The SMILES string of the molecule is Cc1c(C(N)=O)cccc1-c1ccc(C(N)=O)cc1. The second-order valence-electron chi connectivity index (χ2n) is 4.28. The molecule has 0 saturated heterocycles. The molecule has 0 aromatic heterocycles. The van der Waals surface area contributed by atoms with Gasteiger partial charge < -0.3 is 11.5 Å². The normalized spacial score (nSPS) is 10.2. The van der Waals surface area contributed by atoms with Crippen molar-refractivity contribution in [2.75, 3.05) is 0 Å². The summed E-state index contributed by atoms with van der Waals surface area (Å²) < 4.78 is 0.